The second-order valence-corrected chi connectivity index (χ2v) is 15.0. The van der Waals surface area contributed by atoms with Gasteiger partial charge in [0.25, 0.3) is 0 Å². The first kappa shape index (κ1) is 37.5. The Balaban J connectivity index is 0.000000376. The summed E-state index contributed by atoms with van der Waals surface area (Å²) < 4.78 is 0. The van der Waals surface area contributed by atoms with Gasteiger partial charge in [-0.05, 0) is 82.1 Å². The molecule has 260 valence electrons. The van der Waals surface area contributed by atoms with Crippen molar-refractivity contribution in [2.75, 3.05) is 52.1 Å². The van der Waals surface area contributed by atoms with Gasteiger partial charge in [0.1, 0.15) is 6.04 Å². The molecule has 1 saturated heterocycles. The quantitative estimate of drug-likeness (QED) is 0.190. The zero-order chi connectivity index (χ0) is 34.2. The van der Waals surface area contributed by atoms with Crippen molar-refractivity contribution in [3.8, 4) is 0 Å². The first-order valence-corrected chi connectivity index (χ1v) is 17.0. The summed E-state index contributed by atoms with van der Waals surface area (Å²) in [7, 11) is 2.06. The average Bonchev–Trinajstić information content (AvgIpc) is 2.93. The third-order valence-electron chi connectivity index (χ3n) is 9.84. The van der Waals surface area contributed by atoms with Gasteiger partial charge in [-0.25, -0.2) is 9.59 Å². The van der Waals surface area contributed by atoms with E-state index < -0.39 is 42.4 Å². The molecule has 1 aliphatic heterocycles. The fourth-order valence-electron chi connectivity index (χ4n) is 7.94. The predicted molar refractivity (Wildman–Crippen MR) is 169 cm³/mol. The highest BCUT2D eigenvalue weighted by molar-refractivity contribution is 8.13. The van der Waals surface area contributed by atoms with E-state index in [1.807, 2.05) is 9.80 Å². The number of thioether (sulfide) groups is 1. The standard InChI is InChI=1S/C25H42N4O3S.C6H8O7/c1-18(23(31)28-8-6-27(3)7-9-28)26-24(32)29(10-11-33-19(2)30)5-4-25-15-20-12-21(16-25)14-22(13-20)17-25;7-3(8)1-6(13,5(11)12)2-4(9)10/h18,20-22H,4-17H2,1-3H3,(H,26,32);13H,1-2H2,(H,7,8)(H,9,10)(H,11,12)/t18-,20?,21?,22?,25?;/m0./s1. The molecule has 1 heterocycles. The summed E-state index contributed by atoms with van der Waals surface area (Å²) in [5.74, 6) is -1.73. The second-order valence-electron chi connectivity index (χ2n) is 13.8. The number of aliphatic carboxylic acids is 3. The minimum absolute atomic E-state index is 0.00408. The van der Waals surface area contributed by atoms with Crippen molar-refractivity contribution in [2.45, 2.75) is 83.3 Å². The van der Waals surface area contributed by atoms with E-state index >= 15 is 0 Å². The molecule has 4 aliphatic carbocycles. The van der Waals surface area contributed by atoms with Crippen LogP contribution in [0.25, 0.3) is 0 Å². The third kappa shape index (κ3) is 10.8. The molecule has 14 nitrogen and oxygen atoms in total. The van der Waals surface area contributed by atoms with Crippen LogP contribution in [0.3, 0.4) is 0 Å². The maximum absolute atomic E-state index is 13.2. The van der Waals surface area contributed by atoms with Gasteiger partial charge in [0.05, 0.1) is 12.8 Å². The molecule has 0 aromatic rings. The van der Waals surface area contributed by atoms with E-state index in [0.717, 1.165) is 37.3 Å². The van der Waals surface area contributed by atoms with Gasteiger partial charge in [-0.15, -0.1) is 0 Å². The van der Waals surface area contributed by atoms with Crippen LogP contribution < -0.4 is 5.32 Å². The van der Waals surface area contributed by atoms with Crippen LogP contribution in [-0.2, 0) is 24.0 Å². The Hall–Kier alpha value is -2.91. The Morgan fingerprint density at radius 2 is 1.39 bits per heavy atom. The van der Waals surface area contributed by atoms with E-state index in [1.54, 1.807) is 13.8 Å². The molecule has 4 saturated carbocycles. The molecule has 1 atom stereocenters. The van der Waals surface area contributed by atoms with Crippen molar-refractivity contribution >= 4 is 46.7 Å². The van der Waals surface area contributed by atoms with Gasteiger partial charge in [0, 0.05) is 51.9 Å². The number of nitrogens with one attached hydrogen (secondary N) is 1. The van der Waals surface area contributed by atoms with E-state index in [1.165, 1.54) is 50.3 Å². The zero-order valence-corrected chi connectivity index (χ0v) is 27.9. The maximum Gasteiger partial charge on any atom is 0.336 e. The SMILES string of the molecule is CC(=O)SCCN(CCC12CC3CC(CC(C3)C1)C2)C(=O)N[C@@H](C)C(=O)N1CCN(C)CC1.O=C(O)CC(O)(CC(=O)O)C(=O)O. The molecule has 5 aliphatic rings. The Labute approximate surface area is 274 Å². The summed E-state index contributed by atoms with van der Waals surface area (Å²) in [4.78, 5) is 74.0. The van der Waals surface area contributed by atoms with Gasteiger partial charge < -0.3 is 40.4 Å². The normalized spacial score (nSPS) is 26.0. The first-order valence-electron chi connectivity index (χ1n) is 16.1. The van der Waals surface area contributed by atoms with Crippen molar-refractivity contribution in [3.63, 3.8) is 0 Å². The predicted octanol–water partition coefficient (Wildman–Crippen LogP) is 1.80. The highest BCUT2D eigenvalue weighted by atomic mass is 32.2. The summed E-state index contributed by atoms with van der Waals surface area (Å²) in [6.07, 6.45) is 7.01. The summed E-state index contributed by atoms with van der Waals surface area (Å²) in [6, 6.07) is -0.706. The molecule has 15 heteroatoms. The average molecular weight is 671 g/mol. The number of likely N-dealkylation sites (N-methyl/N-ethyl adjacent to an activating group) is 1. The van der Waals surface area contributed by atoms with Crippen LogP contribution in [0.15, 0.2) is 0 Å². The lowest BCUT2D eigenvalue weighted by molar-refractivity contribution is -0.170. The number of carboxylic acid groups (broad SMARTS) is 3. The molecule has 0 spiro atoms. The fourth-order valence-corrected chi connectivity index (χ4v) is 8.53. The largest absolute Gasteiger partial charge is 0.481 e. The van der Waals surface area contributed by atoms with Gasteiger partial charge in [-0.1, -0.05) is 11.8 Å². The highest BCUT2D eigenvalue weighted by Gasteiger charge is 2.50. The van der Waals surface area contributed by atoms with Crippen molar-refractivity contribution in [3.05, 3.63) is 0 Å². The fraction of sp³-hybridized carbons (Fsp3) is 0.806. The van der Waals surface area contributed by atoms with Gasteiger partial charge in [-0.3, -0.25) is 19.2 Å². The molecule has 0 radical (unpaired) electrons. The monoisotopic (exact) mass is 670 g/mol. The Bertz CT molecular complexity index is 1090. The summed E-state index contributed by atoms with van der Waals surface area (Å²) in [5.41, 5.74) is -2.33. The van der Waals surface area contributed by atoms with E-state index in [2.05, 4.69) is 17.3 Å². The molecule has 0 unspecified atom stereocenters. The number of nitrogens with zero attached hydrogens (tertiary/aromatic N) is 3. The molecule has 46 heavy (non-hydrogen) atoms. The molecule has 3 amide bonds. The molecule has 5 fully saturated rings. The summed E-state index contributed by atoms with van der Waals surface area (Å²) >= 11 is 1.27. The van der Waals surface area contributed by atoms with Crippen LogP contribution in [0.2, 0.25) is 0 Å². The Morgan fingerprint density at radius 1 is 0.891 bits per heavy atom. The van der Waals surface area contributed by atoms with Crippen LogP contribution in [-0.4, -0.2) is 134 Å². The van der Waals surface area contributed by atoms with Gasteiger partial charge in [-0.2, -0.15) is 0 Å². The van der Waals surface area contributed by atoms with E-state index in [-0.39, 0.29) is 17.1 Å². The summed E-state index contributed by atoms with van der Waals surface area (Å²) in [6.45, 7) is 7.77. The molecule has 0 aromatic heterocycles. The molecule has 4 bridgehead atoms. The minimum atomic E-state index is -2.74. The Kier molecular flexibility index (Phi) is 13.3. The number of piperazine rings is 1. The number of carboxylic acids is 3. The number of carbonyl (C=O) groups is 6. The summed E-state index contributed by atoms with van der Waals surface area (Å²) in [5, 5.41) is 36.9. The van der Waals surface area contributed by atoms with Crippen molar-refractivity contribution < 1.29 is 49.2 Å². The van der Waals surface area contributed by atoms with Crippen molar-refractivity contribution in [1.82, 2.24) is 20.0 Å². The molecule has 5 rings (SSSR count). The number of aliphatic hydroxyl groups is 1. The lowest BCUT2D eigenvalue weighted by Gasteiger charge is -2.57. The van der Waals surface area contributed by atoms with Crippen molar-refractivity contribution in [2.24, 2.45) is 23.2 Å². The lowest BCUT2D eigenvalue weighted by atomic mass is 9.49. The third-order valence-corrected chi connectivity index (χ3v) is 10.6. The van der Waals surface area contributed by atoms with Crippen LogP contribution in [0, 0.1) is 23.2 Å². The van der Waals surface area contributed by atoms with E-state index in [9.17, 15) is 28.8 Å². The van der Waals surface area contributed by atoms with Crippen molar-refractivity contribution in [1.29, 1.82) is 0 Å². The number of amides is 3. The number of hydrogen-bond donors (Lipinski definition) is 5. The van der Waals surface area contributed by atoms with Crippen LogP contribution in [0.4, 0.5) is 4.79 Å². The zero-order valence-electron chi connectivity index (χ0n) is 27.1. The molecular weight excluding hydrogens is 620 g/mol. The second kappa shape index (κ2) is 16.3. The van der Waals surface area contributed by atoms with E-state index in [0.29, 0.717) is 37.3 Å². The number of carbonyl (C=O) groups excluding carboxylic acids is 3. The van der Waals surface area contributed by atoms with Gasteiger partial charge in [0.2, 0.25) is 5.91 Å². The number of rotatable bonds is 13. The van der Waals surface area contributed by atoms with Crippen LogP contribution in [0.1, 0.15) is 71.6 Å². The molecule has 0 aromatic carbocycles. The smallest absolute Gasteiger partial charge is 0.336 e. The first-order chi connectivity index (χ1) is 21.5. The lowest BCUT2D eigenvalue weighted by Crippen LogP contribution is -2.55. The topological polar surface area (TPSA) is 205 Å². The van der Waals surface area contributed by atoms with E-state index in [4.69, 9.17) is 20.4 Å². The van der Waals surface area contributed by atoms with Gasteiger partial charge >= 0.3 is 23.9 Å². The molecule has 5 N–H and O–H groups in total. The number of hydrogen-bond acceptors (Lipinski definition) is 9. The molecular formula is C31H50N4O10S. The number of urea groups is 1. The van der Waals surface area contributed by atoms with Crippen LogP contribution >= 0.6 is 11.8 Å². The van der Waals surface area contributed by atoms with Gasteiger partial charge in [0.15, 0.2) is 10.7 Å². The minimum Gasteiger partial charge on any atom is -0.481 e. The maximum atomic E-state index is 13.2. The Morgan fingerprint density at radius 3 is 1.83 bits per heavy atom. The van der Waals surface area contributed by atoms with Crippen LogP contribution in [0.5, 0.6) is 0 Å². The highest BCUT2D eigenvalue weighted by Crippen LogP contribution is 2.61.